The van der Waals surface area contributed by atoms with Crippen LogP contribution in [-0.4, -0.2) is 104 Å². The predicted octanol–water partition coefficient (Wildman–Crippen LogP) is 3.81. The van der Waals surface area contributed by atoms with Crippen LogP contribution in [0.25, 0.3) is 11.0 Å². The number of hydrogen-bond donors (Lipinski definition) is 0. The van der Waals surface area contributed by atoms with Crippen LogP contribution in [0.5, 0.6) is 0 Å². The van der Waals surface area contributed by atoms with E-state index in [2.05, 4.69) is 13.8 Å². The van der Waals surface area contributed by atoms with E-state index in [1.165, 1.54) is 6.07 Å². The van der Waals surface area contributed by atoms with Gasteiger partial charge in [-0.1, -0.05) is 0 Å². The lowest BCUT2D eigenvalue weighted by Gasteiger charge is -2.37. The van der Waals surface area contributed by atoms with Crippen LogP contribution >= 0.6 is 0 Å². The number of aryl methyl sites for hydroxylation is 1. The molecule has 0 aliphatic rings. The molecule has 0 aliphatic heterocycles. The maximum Gasteiger partial charge on any atom is 0.500 e. The lowest BCUT2D eigenvalue weighted by atomic mass is 10.1. The van der Waals surface area contributed by atoms with E-state index in [9.17, 15) is 9.59 Å². The van der Waals surface area contributed by atoms with Crippen molar-refractivity contribution in [2.24, 2.45) is 0 Å². The molecule has 232 valence electrons. The van der Waals surface area contributed by atoms with E-state index in [0.29, 0.717) is 61.2 Å². The van der Waals surface area contributed by atoms with Crippen molar-refractivity contribution in [3.8, 4) is 0 Å². The third-order valence-corrected chi connectivity index (χ3v) is 13.8. The first-order valence-electron chi connectivity index (χ1n) is 14.1. The minimum absolute atomic E-state index is 0.0264. The molecule has 0 aliphatic carbocycles. The molecule has 1 aromatic carbocycles. The Balaban J connectivity index is 2.34. The summed E-state index contributed by atoms with van der Waals surface area (Å²) < 4.78 is 39.5. The SMILES string of the molecule is CC[N+](CC)(CC(=O)N(CCC[Si](OC)(OC)OC)CCC[Si](OC)(OC)OC)c1ccc2c(C)cc(=O)oc2c1. The van der Waals surface area contributed by atoms with Crippen molar-refractivity contribution in [1.29, 1.82) is 0 Å². The average Bonchev–Trinajstić information content (AvgIpc) is 2.99. The zero-order chi connectivity index (χ0) is 30.7. The molecule has 1 aromatic heterocycles. The fourth-order valence-corrected chi connectivity index (χ4v) is 8.72. The van der Waals surface area contributed by atoms with Crippen LogP contribution in [-0.2, 0) is 31.4 Å². The number of nitrogens with zero attached hydrogens (tertiary/aromatic N) is 2. The maximum atomic E-state index is 14.0. The fourth-order valence-electron chi connectivity index (χ4n) is 5.32. The van der Waals surface area contributed by atoms with Crippen LogP contribution in [0.2, 0.25) is 12.1 Å². The highest BCUT2D eigenvalue weighted by molar-refractivity contribution is 6.60. The van der Waals surface area contributed by atoms with E-state index in [-0.39, 0.29) is 18.1 Å². The third kappa shape index (κ3) is 8.55. The molecule has 2 rings (SSSR count). The highest BCUT2D eigenvalue weighted by atomic mass is 28.4. The summed E-state index contributed by atoms with van der Waals surface area (Å²) in [5.41, 5.74) is 1.94. The van der Waals surface area contributed by atoms with Gasteiger partial charge in [0.15, 0.2) is 6.54 Å². The molecule has 0 spiro atoms. The molecule has 0 radical (unpaired) electrons. The zero-order valence-corrected chi connectivity index (χ0v) is 28.2. The van der Waals surface area contributed by atoms with Crippen LogP contribution in [0.3, 0.4) is 0 Å². The quantitative estimate of drug-likeness (QED) is 0.133. The molecule has 13 heteroatoms. The summed E-state index contributed by atoms with van der Waals surface area (Å²) in [6, 6.07) is 8.56. The molecule has 0 saturated heterocycles. The van der Waals surface area contributed by atoms with Crippen molar-refractivity contribution in [3.63, 3.8) is 0 Å². The predicted molar refractivity (Wildman–Crippen MR) is 164 cm³/mol. The molecule has 1 amide bonds. The number of fused-ring (bicyclic) bond motifs is 1. The highest BCUT2D eigenvalue weighted by Crippen LogP contribution is 2.29. The first kappa shape index (κ1) is 35.3. The molecule has 1 heterocycles. The molecule has 0 saturated carbocycles. The lowest BCUT2D eigenvalue weighted by Crippen LogP contribution is -2.55. The van der Waals surface area contributed by atoms with Gasteiger partial charge in [0.2, 0.25) is 0 Å². The standard InChI is InChI=1S/C28H49N2O9Si2/c1-10-30(11-2,24-14-15-25-23(3)20-28(32)39-26(25)21-24)22-27(31)29(16-12-18-40(33-4,34-5)35-6)17-13-19-41(36-7,37-8)38-9/h14-15,20-21H,10-13,16-19,22H2,1-9H3/q+1. The lowest BCUT2D eigenvalue weighted by molar-refractivity contribution is -0.132. The Kier molecular flexibility index (Phi) is 13.8. The van der Waals surface area contributed by atoms with Crippen LogP contribution < -0.4 is 10.1 Å². The zero-order valence-electron chi connectivity index (χ0n) is 26.2. The van der Waals surface area contributed by atoms with Gasteiger partial charge in [-0.25, -0.2) is 4.79 Å². The molecular weight excluding hydrogens is 564 g/mol. The second-order valence-electron chi connectivity index (χ2n) is 10.0. The second kappa shape index (κ2) is 16.1. The van der Waals surface area contributed by atoms with Gasteiger partial charge in [0.1, 0.15) is 11.3 Å². The van der Waals surface area contributed by atoms with E-state index in [1.807, 2.05) is 30.0 Å². The number of likely N-dealkylation sites (N-methyl/N-ethyl adjacent to an activating group) is 1. The number of rotatable bonds is 19. The molecule has 0 atom stereocenters. The number of amides is 1. The van der Waals surface area contributed by atoms with E-state index in [0.717, 1.165) is 16.6 Å². The van der Waals surface area contributed by atoms with Gasteiger partial charge in [-0.2, -0.15) is 0 Å². The first-order chi connectivity index (χ1) is 19.6. The second-order valence-corrected chi connectivity index (χ2v) is 16.2. The van der Waals surface area contributed by atoms with Crippen molar-refractivity contribution >= 4 is 40.2 Å². The van der Waals surface area contributed by atoms with Gasteiger partial charge in [0, 0.05) is 91.4 Å². The third-order valence-electron chi connectivity index (χ3n) is 8.17. The van der Waals surface area contributed by atoms with Crippen molar-refractivity contribution < 1.29 is 35.8 Å². The first-order valence-corrected chi connectivity index (χ1v) is 17.9. The van der Waals surface area contributed by atoms with E-state index >= 15 is 0 Å². The Hall–Kier alpha value is -1.95. The summed E-state index contributed by atoms with van der Waals surface area (Å²) in [6.07, 6.45) is 1.32. The van der Waals surface area contributed by atoms with Crippen molar-refractivity contribution in [1.82, 2.24) is 9.38 Å². The average molecular weight is 614 g/mol. The minimum Gasteiger partial charge on any atom is -0.422 e. The Bertz CT molecular complexity index is 1120. The number of carbonyl (C=O) groups is 1. The number of carbonyl (C=O) groups excluding carboxylic acids is 1. The molecule has 0 unspecified atom stereocenters. The number of quaternary nitrogens is 1. The van der Waals surface area contributed by atoms with Gasteiger partial charge < -0.3 is 35.9 Å². The fraction of sp³-hybridized carbons (Fsp3) is 0.643. The topological polar surface area (TPSA) is 106 Å². The monoisotopic (exact) mass is 613 g/mol. The smallest absolute Gasteiger partial charge is 0.422 e. The van der Waals surface area contributed by atoms with Crippen molar-refractivity contribution in [2.45, 2.75) is 45.7 Å². The summed E-state index contributed by atoms with van der Waals surface area (Å²) in [7, 11) is 3.99. The molecule has 0 bridgehead atoms. The Morgan fingerprint density at radius 3 is 1.76 bits per heavy atom. The largest absolute Gasteiger partial charge is 0.500 e. The van der Waals surface area contributed by atoms with E-state index in [4.69, 9.17) is 31.0 Å². The number of hydrogen-bond acceptors (Lipinski definition) is 9. The summed E-state index contributed by atoms with van der Waals surface area (Å²) in [5, 5.41) is 0.885. The molecule has 0 fully saturated rings. The number of benzene rings is 1. The Labute approximate surface area is 246 Å². The van der Waals surface area contributed by atoms with Gasteiger partial charge in [-0.15, -0.1) is 0 Å². The molecule has 11 nitrogen and oxygen atoms in total. The van der Waals surface area contributed by atoms with Gasteiger partial charge in [0.25, 0.3) is 5.91 Å². The van der Waals surface area contributed by atoms with Crippen LogP contribution in [0.1, 0.15) is 32.3 Å². The van der Waals surface area contributed by atoms with Crippen LogP contribution in [0, 0.1) is 6.92 Å². The summed E-state index contributed by atoms with van der Waals surface area (Å²) in [4.78, 5) is 28.0. The molecular formula is C28H49N2O9Si2+. The Morgan fingerprint density at radius 2 is 1.32 bits per heavy atom. The molecule has 41 heavy (non-hydrogen) atoms. The summed E-state index contributed by atoms with van der Waals surface area (Å²) in [6.45, 7) is 8.72. The Morgan fingerprint density at radius 1 is 0.829 bits per heavy atom. The summed E-state index contributed by atoms with van der Waals surface area (Å²) in [5.74, 6) is 0.0264. The van der Waals surface area contributed by atoms with Gasteiger partial charge >= 0.3 is 23.2 Å². The van der Waals surface area contributed by atoms with E-state index < -0.39 is 17.6 Å². The van der Waals surface area contributed by atoms with Crippen molar-refractivity contribution in [3.05, 3.63) is 40.2 Å². The highest BCUT2D eigenvalue weighted by Gasteiger charge is 2.39. The molecule has 2 aromatic rings. The normalized spacial score (nSPS) is 12.7. The van der Waals surface area contributed by atoms with Crippen LogP contribution in [0.4, 0.5) is 5.69 Å². The molecule has 0 N–H and O–H groups in total. The van der Waals surface area contributed by atoms with Crippen LogP contribution in [0.15, 0.2) is 33.5 Å². The van der Waals surface area contributed by atoms with Gasteiger partial charge in [-0.05, 0) is 45.2 Å². The van der Waals surface area contributed by atoms with Gasteiger partial charge in [0.05, 0.1) is 13.1 Å². The van der Waals surface area contributed by atoms with Gasteiger partial charge in [-0.3, -0.25) is 9.28 Å². The summed E-state index contributed by atoms with van der Waals surface area (Å²) >= 11 is 0. The maximum absolute atomic E-state index is 14.0. The minimum atomic E-state index is -2.78. The van der Waals surface area contributed by atoms with Crippen molar-refractivity contribution in [2.75, 3.05) is 75.4 Å². The van der Waals surface area contributed by atoms with E-state index in [1.54, 1.807) is 42.7 Å².